The van der Waals surface area contributed by atoms with E-state index in [0.29, 0.717) is 6.04 Å². The standard InChI is InChI=1S/C19H25IN4O/c20-23-12-8-16(9-13-23)22-10-6-17(7-11-22)24-14-18(21-19(24)25)15-4-2-1-3-5-15/h1-5,14,16-17H,6-13H2,(H,21,25). The highest BCUT2D eigenvalue weighted by Gasteiger charge is 2.28. The Morgan fingerprint density at radius 2 is 1.56 bits per heavy atom. The second-order valence-corrected chi connectivity index (χ2v) is 8.52. The quantitative estimate of drug-likeness (QED) is 0.575. The molecule has 0 atom stereocenters. The summed E-state index contributed by atoms with van der Waals surface area (Å²) in [5, 5.41) is 0. The minimum Gasteiger partial charge on any atom is -0.306 e. The minimum atomic E-state index is 0.0236. The second kappa shape index (κ2) is 7.63. The molecule has 4 rings (SSSR count). The first kappa shape index (κ1) is 17.3. The van der Waals surface area contributed by atoms with Crippen molar-refractivity contribution < 1.29 is 0 Å². The van der Waals surface area contributed by atoms with E-state index < -0.39 is 0 Å². The molecule has 2 aliphatic heterocycles. The lowest BCUT2D eigenvalue weighted by Gasteiger charge is -2.40. The third-order valence-corrected chi connectivity index (χ3v) is 6.61. The van der Waals surface area contributed by atoms with Crippen molar-refractivity contribution in [3.05, 3.63) is 47.0 Å². The number of nitrogens with one attached hydrogen (secondary N) is 1. The number of piperidine rings is 2. The van der Waals surface area contributed by atoms with E-state index in [-0.39, 0.29) is 5.69 Å². The van der Waals surface area contributed by atoms with Gasteiger partial charge in [0.25, 0.3) is 0 Å². The number of hydrogen-bond acceptors (Lipinski definition) is 3. The van der Waals surface area contributed by atoms with Crippen LogP contribution in [0, 0.1) is 0 Å². The molecular weight excluding hydrogens is 427 g/mol. The fraction of sp³-hybridized carbons (Fsp3) is 0.526. The molecule has 2 aliphatic rings. The number of aromatic amines is 1. The molecule has 0 unspecified atom stereocenters. The Kier molecular flexibility index (Phi) is 5.28. The Morgan fingerprint density at radius 3 is 2.24 bits per heavy atom. The molecule has 3 heterocycles. The number of hydrogen-bond donors (Lipinski definition) is 1. The molecule has 0 bridgehead atoms. The van der Waals surface area contributed by atoms with Crippen LogP contribution in [0.25, 0.3) is 11.3 Å². The summed E-state index contributed by atoms with van der Waals surface area (Å²) in [6.45, 7) is 4.61. The van der Waals surface area contributed by atoms with Crippen LogP contribution in [-0.4, -0.2) is 49.8 Å². The molecule has 0 saturated carbocycles. The summed E-state index contributed by atoms with van der Waals surface area (Å²) in [6, 6.07) is 11.1. The number of imidazole rings is 1. The molecule has 2 aromatic rings. The van der Waals surface area contributed by atoms with Crippen LogP contribution in [0.2, 0.25) is 0 Å². The minimum absolute atomic E-state index is 0.0236. The molecule has 5 nitrogen and oxygen atoms in total. The maximum atomic E-state index is 12.4. The van der Waals surface area contributed by atoms with Crippen molar-refractivity contribution in [2.75, 3.05) is 26.2 Å². The van der Waals surface area contributed by atoms with Crippen LogP contribution in [0.15, 0.2) is 41.3 Å². The van der Waals surface area contributed by atoms with Crippen molar-refractivity contribution in [2.24, 2.45) is 0 Å². The van der Waals surface area contributed by atoms with Gasteiger partial charge < -0.3 is 9.88 Å². The Hall–Kier alpha value is -1.12. The summed E-state index contributed by atoms with van der Waals surface area (Å²) in [5.74, 6) is 0. The van der Waals surface area contributed by atoms with Gasteiger partial charge in [-0.3, -0.25) is 4.57 Å². The van der Waals surface area contributed by atoms with Gasteiger partial charge in [0, 0.05) is 67.3 Å². The molecule has 0 aliphatic carbocycles. The van der Waals surface area contributed by atoms with Gasteiger partial charge in [-0.2, -0.15) is 0 Å². The third-order valence-electron chi connectivity index (χ3n) is 5.65. The lowest BCUT2D eigenvalue weighted by Crippen LogP contribution is -2.46. The molecule has 0 radical (unpaired) electrons. The number of nitrogens with zero attached hydrogens (tertiary/aromatic N) is 3. The number of benzene rings is 1. The highest BCUT2D eigenvalue weighted by Crippen LogP contribution is 2.27. The molecule has 6 heteroatoms. The first-order valence-electron chi connectivity index (χ1n) is 9.22. The maximum Gasteiger partial charge on any atom is 0.326 e. The normalized spacial score (nSPS) is 21.6. The smallest absolute Gasteiger partial charge is 0.306 e. The maximum absolute atomic E-state index is 12.4. The first-order valence-corrected chi connectivity index (χ1v) is 10.2. The number of rotatable bonds is 3. The van der Waals surface area contributed by atoms with Crippen molar-refractivity contribution in [2.45, 2.75) is 37.8 Å². The van der Waals surface area contributed by atoms with Crippen LogP contribution in [0.4, 0.5) is 0 Å². The molecule has 0 spiro atoms. The van der Waals surface area contributed by atoms with Gasteiger partial charge in [0.1, 0.15) is 0 Å². The fourth-order valence-electron chi connectivity index (χ4n) is 4.17. The topological polar surface area (TPSA) is 44.3 Å². The van der Waals surface area contributed by atoms with E-state index in [1.54, 1.807) is 0 Å². The van der Waals surface area contributed by atoms with Crippen molar-refractivity contribution >= 4 is 22.9 Å². The van der Waals surface area contributed by atoms with E-state index in [1.165, 1.54) is 25.9 Å². The highest BCUT2D eigenvalue weighted by atomic mass is 127. The summed E-state index contributed by atoms with van der Waals surface area (Å²) in [5.41, 5.74) is 2.01. The van der Waals surface area contributed by atoms with Crippen LogP contribution in [-0.2, 0) is 0 Å². The van der Waals surface area contributed by atoms with Gasteiger partial charge in [0.2, 0.25) is 0 Å². The van der Waals surface area contributed by atoms with Crippen LogP contribution < -0.4 is 5.69 Å². The van der Waals surface area contributed by atoms with Gasteiger partial charge in [-0.05, 0) is 31.2 Å². The van der Waals surface area contributed by atoms with E-state index in [9.17, 15) is 4.79 Å². The molecule has 1 aromatic carbocycles. The molecule has 134 valence electrons. The van der Waals surface area contributed by atoms with Crippen LogP contribution in [0.5, 0.6) is 0 Å². The number of halogens is 1. The Labute approximate surface area is 162 Å². The molecule has 1 N–H and O–H groups in total. The van der Waals surface area contributed by atoms with E-state index in [4.69, 9.17) is 0 Å². The van der Waals surface area contributed by atoms with Gasteiger partial charge in [-0.25, -0.2) is 7.91 Å². The highest BCUT2D eigenvalue weighted by molar-refractivity contribution is 14.1. The van der Waals surface area contributed by atoms with Gasteiger partial charge in [-0.15, -0.1) is 0 Å². The van der Waals surface area contributed by atoms with Crippen LogP contribution in [0.3, 0.4) is 0 Å². The monoisotopic (exact) mass is 452 g/mol. The van der Waals surface area contributed by atoms with E-state index in [0.717, 1.165) is 43.2 Å². The van der Waals surface area contributed by atoms with Gasteiger partial charge in [0.15, 0.2) is 0 Å². The zero-order valence-electron chi connectivity index (χ0n) is 14.4. The first-order chi connectivity index (χ1) is 12.2. The average molecular weight is 452 g/mol. The van der Waals surface area contributed by atoms with E-state index >= 15 is 0 Å². The summed E-state index contributed by atoms with van der Waals surface area (Å²) >= 11 is 2.43. The number of likely N-dealkylation sites (tertiary alicyclic amines) is 1. The summed E-state index contributed by atoms with van der Waals surface area (Å²) in [7, 11) is 0. The predicted octanol–water partition coefficient (Wildman–Crippen LogP) is 3.29. The Balaban J connectivity index is 1.41. The van der Waals surface area contributed by atoms with Crippen LogP contribution in [0.1, 0.15) is 31.7 Å². The third kappa shape index (κ3) is 3.85. The van der Waals surface area contributed by atoms with Crippen LogP contribution >= 0.6 is 22.9 Å². The average Bonchev–Trinajstić information content (AvgIpc) is 3.05. The van der Waals surface area contributed by atoms with E-state index in [2.05, 4.69) is 35.9 Å². The summed E-state index contributed by atoms with van der Waals surface area (Å²) < 4.78 is 4.32. The molecule has 1 aromatic heterocycles. The molecule has 25 heavy (non-hydrogen) atoms. The fourth-order valence-corrected chi connectivity index (χ4v) is 4.73. The number of H-pyrrole nitrogens is 1. The largest absolute Gasteiger partial charge is 0.326 e. The SMILES string of the molecule is O=c1[nH]c(-c2ccccc2)cn1C1CCN(C2CCN(I)CC2)CC1. The Morgan fingerprint density at radius 1 is 0.920 bits per heavy atom. The number of aromatic nitrogens is 2. The summed E-state index contributed by atoms with van der Waals surface area (Å²) in [4.78, 5) is 18.1. The predicted molar refractivity (Wildman–Crippen MR) is 109 cm³/mol. The van der Waals surface area contributed by atoms with Crippen molar-refractivity contribution in [3.63, 3.8) is 0 Å². The van der Waals surface area contributed by atoms with Crippen molar-refractivity contribution in [1.82, 2.24) is 17.6 Å². The van der Waals surface area contributed by atoms with Gasteiger partial charge >= 0.3 is 5.69 Å². The molecule has 2 fully saturated rings. The Bertz CT molecular complexity index is 740. The molecule has 0 amide bonds. The zero-order chi connectivity index (χ0) is 17.2. The van der Waals surface area contributed by atoms with Crippen molar-refractivity contribution in [1.29, 1.82) is 0 Å². The second-order valence-electron chi connectivity index (χ2n) is 7.15. The lowest BCUT2D eigenvalue weighted by atomic mass is 9.98. The summed E-state index contributed by atoms with van der Waals surface area (Å²) in [6.07, 6.45) is 6.69. The van der Waals surface area contributed by atoms with E-state index in [1.807, 2.05) is 41.1 Å². The lowest BCUT2D eigenvalue weighted by molar-refractivity contribution is 0.103. The van der Waals surface area contributed by atoms with Gasteiger partial charge in [-0.1, -0.05) is 30.3 Å². The molecular formula is C19H25IN4O. The zero-order valence-corrected chi connectivity index (χ0v) is 16.6. The van der Waals surface area contributed by atoms with Crippen molar-refractivity contribution in [3.8, 4) is 11.3 Å². The van der Waals surface area contributed by atoms with Gasteiger partial charge in [0.05, 0.1) is 5.69 Å². The molecule has 2 saturated heterocycles.